The van der Waals surface area contributed by atoms with Gasteiger partial charge in [-0.25, -0.2) is 0 Å². The van der Waals surface area contributed by atoms with E-state index in [4.69, 9.17) is 22.1 Å². The molecular formula is C10H15ClN2O. The van der Waals surface area contributed by atoms with Gasteiger partial charge in [-0.15, -0.1) is 0 Å². The lowest BCUT2D eigenvalue weighted by atomic mass is 10.2. The second kappa shape index (κ2) is 5.29. The average Bonchev–Trinajstić information content (AvgIpc) is 2.15. The first-order valence-electron chi connectivity index (χ1n) is 4.58. The van der Waals surface area contributed by atoms with E-state index in [9.17, 15) is 0 Å². The van der Waals surface area contributed by atoms with E-state index in [2.05, 4.69) is 4.98 Å². The van der Waals surface area contributed by atoms with E-state index in [-0.39, 0.29) is 12.1 Å². The standard InChI is InChI=1S/C10H15ClN2O/c1-7(2)14-6-9(12)10-4-3-8(11)5-13-10/h3-5,7,9H,6,12H2,1-2H3. The zero-order valence-electron chi connectivity index (χ0n) is 8.40. The summed E-state index contributed by atoms with van der Waals surface area (Å²) < 4.78 is 5.39. The fourth-order valence-electron chi connectivity index (χ4n) is 0.988. The smallest absolute Gasteiger partial charge is 0.0707 e. The Kier molecular flexibility index (Phi) is 4.32. The van der Waals surface area contributed by atoms with Crippen molar-refractivity contribution in [3.05, 3.63) is 29.0 Å². The van der Waals surface area contributed by atoms with Crippen molar-refractivity contribution in [2.45, 2.75) is 26.0 Å². The predicted molar refractivity (Wildman–Crippen MR) is 57.3 cm³/mol. The van der Waals surface area contributed by atoms with Crippen molar-refractivity contribution in [2.75, 3.05) is 6.61 Å². The van der Waals surface area contributed by atoms with Crippen LogP contribution in [0.5, 0.6) is 0 Å². The van der Waals surface area contributed by atoms with E-state index in [0.29, 0.717) is 11.6 Å². The molecule has 0 bridgehead atoms. The van der Waals surface area contributed by atoms with Gasteiger partial charge >= 0.3 is 0 Å². The average molecular weight is 215 g/mol. The van der Waals surface area contributed by atoms with Gasteiger partial charge in [-0.05, 0) is 26.0 Å². The molecule has 78 valence electrons. The highest BCUT2D eigenvalue weighted by atomic mass is 35.5. The molecule has 4 heteroatoms. The SMILES string of the molecule is CC(C)OCC(N)c1ccc(Cl)cn1. The van der Waals surface area contributed by atoms with E-state index in [1.165, 1.54) is 0 Å². The molecule has 0 spiro atoms. The van der Waals surface area contributed by atoms with E-state index < -0.39 is 0 Å². The predicted octanol–water partition coefficient (Wildman–Crippen LogP) is 2.16. The van der Waals surface area contributed by atoms with Crippen LogP contribution in [-0.2, 0) is 4.74 Å². The van der Waals surface area contributed by atoms with Gasteiger partial charge in [0.15, 0.2) is 0 Å². The maximum atomic E-state index is 5.86. The number of rotatable bonds is 4. The van der Waals surface area contributed by atoms with Gasteiger partial charge in [0.2, 0.25) is 0 Å². The maximum Gasteiger partial charge on any atom is 0.0707 e. The van der Waals surface area contributed by atoms with Crippen LogP contribution < -0.4 is 5.73 Å². The summed E-state index contributed by atoms with van der Waals surface area (Å²) in [7, 11) is 0. The van der Waals surface area contributed by atoms with Crippen LogP contribution in [0.4, 0.5) is 0 Å². The van der Waals surface area contributed by atoms with Crippen molar-refractivity contribution in [2.24, 2.45) is 5.73 Å². The molecule has 0 radical (unpaired) electrons. The van der Waals surface area contributed by atoms with E-state index in [1.54, 1.807) is 12.3 Å². The third-order valence-electron chi connectivity index (χ3n) is 1.74. The van der Waals surface area contributed by atoms with Crippen LogP contribution in [0.15, 0.2) is 18.3 Å². The Labute approximate surface area is 89.2 Å². The molecule has 0 aliphatic carbocycles. The van der Waals surface area contributed by atoms with E-state index >= 15 is 0 Å². The topological polar surface area (TPSA) is 48.1 Å². The van der Waals surface area contributed by atoms with Crippen LogP contribution in [0, 0.1) is 0 Å². The number of pyridine rings is 1. The highest BCUT2D eigenvalue weighted by Gasteiger charge is 2.08. The Morgan fingerprint density at radius 1 is 1.50 bits per heavy atom. The first-order chi connectivity index (χ1) is 6.59. The molecule has 0 aliphatic rings. The van der Waals surface area contributed by atoms with Crippen molar-refractivity contribution in [1.29, 1.82) is 0 Å². The van der Waals surface area contributed by atoms with Crippen molar-refractivity contribution in [3.63, 3.8) is 0 Å². The molecule has 0 saturated heterocycles. The number of aromatic nitrogens is 1. The Morgan fingerprint density at radius 3 is 2.71 bits per heavy atom. The molecule has 1 heterocycles. The highest BCUT2D eigenvalue weighted by molar-refractivity contribution is 6.30. The fraction of sp³-hybridized carbons (Fsp3) is 0.500. The third-order valence-corrected chi connectivity index (χ3v) is 1.96. The maximum absolute atomic E-state index is 5.86. The van der Waals surface area contributed by atoms with Crippen LogP contribution in [0.3, 0.4) is 0 Å². The summed E-state index contributed by atoms with van der Waals surface area (Å²) in [5, 5.41) is 0.616. The van der Waals surface area contributed by atoms with Crippen molar-refractivity contribution in [3.8, 4) is 0 Å². The zero-order valence-corrected chi connectivity index (χ0v) is 9.16. The van der Waals surface area contributed by atoms with Crippen molar-refractivity contribution < 1.29 is 4.74 Å². The molecule has 1 unspecified atom stereocenters. The summed E-state index contributed by atoms with van der Waals surface area (Å²) in [5.74, 6) is 0. The van der Waals surface area contributed by atoms with Gasteiger partial charge in [-0.1, -0.05) is 11.6 Å². The number of halogens is 1. The Bertz CT molecular complexity index is 274. The number of ether oxygens (including phenoxy) is 1. The summed E-state index contributed by atoms with van der Waals surface area (Å²) in [6, 6.07) is 3.41. The Morgan fingerprint density at radius 2 is 2.21 bits per heavy atom. The van der Waals surface area contributed by atoms with E-state index in [1.807, 2.05) is 19.9 Å². The minimum Gasteiger partial charge on any atom is -0.377 e. The zero-order chi connectivity index (χ0) is 10.6. The summed E-state index contributed by atoms with van der Waals surface area (Å²) in [6.07, 6.45) is 1.78. The lowest BCUT2D eigenvalue weighted by Gasteiger charge is -2.13. The first kappa shape index (κ1) is 11.4. The molecule has 1 aromatic heterocycles. The molecule has 14 heavy (non-hydrogen) atoms. The fourth-order valence-corrected chi connectivity index (χ4v) is 1.10. The second-order valence-corrected chi connectivity index (χ2v) is 3.83. The molecule has 0 aromatic carbocycles. The van der Waals surface area contributed by atoms with Crippen LogP contribution in [0.2, 0.25) is 5.02 Å². The highest BCUT2D eigenvalue weighted by Crippen LogP contribution is 2.12. The third kappa shape index (κ3) is 3.62. The monoisotopic (exact) mass is 214 g/mol. The first-order valence-corrected chi connectivity index (χ1v) is 4.96. The van der Waals surface area contributed by atoms with Gasteiger partial charge < -0.3 is 10.5 Å². The van der Waals surface area contributed by atoms with Crippen LogP contribution >= 0.6 is 11.6 Å². The van der Waals surface area contributed by atoms with Crippen molar-refractivity contribution >= 4 is 11.6 Å². The van der Waals surface area contributed by atoms with Crippen LogP contribution in [0.1, 0.15) is 25.6 Å². The van der Waals surface area contributed by atoms with Gasteiger partial charge in [0, 0.05) is 6.20 Å². The summed E-state index contributed by atoms with van der Waals surface area (Å²) in [5.41, 5.74) is 6.66. The molecule has 1 aromatic rings. The molecular weight excluding hydrogens is 200 g/mol. The largest absolute Gasteiger partial charge is 0.377 e. The van der Waals surface area contributed by atoms with Gasteiger partial charge in [-0.2, -0.15) is 0 Å². The van der Waals surface area contributed by atoms with Crippen molar-refractivity contribution in [1.82, 2.24) is 4.98 Å². The van der Waals surface area contributed by atoms with Gasteiger partial charge in [0.05, 0.1) is 29.5 Å². The molecule has 1 rings (SSSR count). The molecule has 3 nitrogen and oxygen atoms in total. The van der Waals surface area contributed by atoms with E-state index in [0.717, 1.165) is 5.69 Å². The van der Waals surface area contributed by atoms with Crippen LogP contribution in [0.25, 0.3) is 0 Å². The quantitative estimate of drug-likeness (QED) is 0.836. The summed E-state index contributed by atoms with van der Waals surface area (Å²) >= 11 is 5.71. The summed E-state index contributed by atoms with van der Waals surface area (Å²) in [4.78, 5) is 4.12. The Balaban J connectivity index is 2.52. The number of nitrogens with two attached hydrogens (primary N) is 1. The lowest BCUT2D eigenvalue weighted by Crippen LogP contribution is -2.20. The lowest BCUT2D eigenvalue weighted by molar-refractivity contribution is 0.0676. The minimum absolute atomic E-state index is 0.185. The van der Waals surface area contributed by atoms with Gasteiger partial charge in [-0.3, -0.25) is 4.98 Å². The molecule has 0 saturated carbocycles. The second-order valence-electron chi connectivity index (χ2n) is 3.39. The number of hydrogen-bond donors (Lipinski definition) is 1. The minimum atomic E-state index is -0.185. The molecule has 1 atom stereocenters. The Hall–Kier alpha value is -0.640. The molecule has 0 fully saturated rings. The van der Waals surface area contributed by atoms with Gasteiger partial charge in [0.25, 0.3) is 0 Å². The molecule has 0 amide bonds. The number of nitrogens with zero attached hydrogens (tertiary/aromatic N) is 1. The van der Waals surface area contributed by atoms with Gasteiger partial charge in [0.1, 0.15) is 0 Å². The number of hydrogen-bond acceptors (Lipinski definition) is 3. The van der Waals surface area contributed by atoms with Crippen LogP contribution in [-0.4, -0.2) is 17.7 Å². The normalized spacial score (nSPS) is 13.2. The molecule has 2 N–H and O–H groups in total. The summed E-state index contributed by atoms with van der Waals surface area (Å²) in [6.45, 7) is 4.43. The molecule has 0 aliphatic heterocycles.